The lowest BCUT2D eigenvalue weighted by atomic mass is 10.2. The van der Waals surface area contributed by atoms with Crippen LogP contribution in [0.15, 0.2) is 102 Å². The molecule has 0 radical (unpaired) electrons. The van der Waals surface area contributed by atoms with Gasteiger partial charge in [-0.2, -0.15) is 0 Å². The van der Waals surface area contributed by atoms with Crippen LogP contribution in [0.5, 0.6) is 0 Å². The Morgan fingerprint density at radius 2 is 1.71 bits per heavy atom. The zero-order chi connectivity index (χ0) is 27.9. The van der Waals surface area contributed by atoms with Gasteiger partial charge in [0.2, 0.25) is 0 Å². The van der Waals surface area contributed by atoms with Crippen LogP contribution >= 0.6 is 23.1 Å². The fourth-order valence-corrected chi connectivity index (χ4v) is 6.39. The zero-order valence-electron chi connectivity index (χ0n) is 22.4. The summed E-state index contributed by atoms with van der Waals surface area (Å²) in [6, 6.07) is 24.2. The molecule has 8 nitrogen and oxygen atoms in total. The molecule has 0 aliphatic carbocycles. The van der Waals surface area contributed by atoms with Crippen molar-refractivity contribution >= 4 is 35.1 Å². The Balaban J connectivity index is 1.06. The molecule has 1 aliphatic heterocycles. The number of thiazole rings is 1. The molecule has 206 valence electrons. The van der Waals surface area contributed by atoms with Crippen molar-refractivity contribution in [2.45, 2.75) is 10.9 Å². The highest BCUT2D eigenvalue weighted by Gasteiger charge is 2.24. The Kier molecular flexibility index (Phi) is 8.60. The lowest BCUT2D eigenvalue weighted by molar-refractivity contribution is 0.0645. The van der Waals surface area contributed by atoms with E-state index in [4.69, 9.17) is 0 Å². The zero-order valence-corrected chi connectivity index (χ0v) is 24.0. The number of piperazine rings is 1. The lowest BCUT2D eigenvalue weighted by Crippen LogP contribution is -2.48. The smallest absolute Gasteiger partial charge is 0.273 e. The quantitative estimate of drug-likeness (QED) is 0.212. The molecule has 1 saturated heterocycles. The maximum Gasteiger partial charge on any atom is 0.273 e. The van der Waals surface area contributed by atoms with Gasteiger partial charge >= 0.3 is 0 Å². The van der Waals surface area contributed by atoms with E-state index in [1.165, 1.54) is 16.9 Å². The number of benzene rings is 2. The number of hydrogen-bond donors (Lipinski definition) is 0. The van der Waals surface area contributed by atoms with E-state index in [9.17, 15) is 4.79 Å². The molecule has 0 spiro atoms. The van der Waals surface area contributed by atoms with Gasteiger partial charge in [0.1, 0.15) is 10.7 Å². The lowest BCUT2D eigenvalue weighted by Gasteiger charge is -2.33. The van der Waals surface area contributed by atoms with E-state index < -0.39 is 0 Å². The first kappa shape index (κ1) is 27.1. The maximum atomic E-state index is 13.2. The summed E-state index contributed by atoms with van der Waals surface area (Å²) in [7, 11) is 0. The van der Waals surface area contributed by atoms with Gasteiger partial charge in [0.25, 0.3) is 5.91 Å². The molecule has 10 heteroatoms. The van der Waals surface area contributed by atoms with Crippen molar-refractivity contribution in [2.75, 3.05) is 32.7 Å². The summed E-state index contributed by atoms with van der Waals surface area (Å²) in [5.74, 6) is 1.33. The molecule has 41 heavy (non-hydrogen) atoms. The first-order valence-corrected chi connectivity index (χ1v) is 15.3. The van der Waals surface area contributed by atoms with Crippen molar-refractivity contribution in [3.05, 3.63) is 113 Å². The molecule has 0 saturated carbocycles. The topological polar surface area (TPSA) is 80.0 Å². The van der Waals surface area contributed by atoms with Gasteiger partial charge in [-0.1, -0.05) is 72.4 Å². The summed E-state index contributed by atoms with van der Waals surface area (Å²) in [6.07, 6.45) is 7.87. The monoisotopic (exact) mass is 579 g/mol. The fourth-order valence-electron chi connectivity index (χ4n) is 4.65. The highest BCUT2D eigenvalue weighted by atomic mass is 32.2. The summed E-state index contributed by atoms with van der Waals surface area (Å²) in [5, 5.41) is 12.5. The highest BCUT2D eigenvalue weighted by molar-refractivity contribution is 7.98. The molecule has 4 heterocycles. The minimum Gasteiger partial charge on any atom is -0.335 e. The van der Waals surface area contributed by atoms with Gasteiger partial charge in [-0.25, -0.2) is 4.98 Å². The van der Waals surface area contributed by atoms with Crippen LogP contribution in [0.3, 0.4) is 0 Å². The van der Waals surface area contributed by atoms with E-state index in [-0.39, 0.29) is 5.91 Å². The number of carbonyl (C=O) groups is 1. The number of carbonyl (C=O) groups excluding carboxylic acids is 1. The van der Waals surface area contributed by atoms with E-state index >= 15 is 0 Å². The van der Waals surface area contributed by atoms with Gasteiger partial charge in [-0.15, -0.1) is 21.5 Å². The number of pyridine rings is 1. The summed E-state index contributed by atoms with van der Waals surface area (Å²) in [6.45, 7) is 4.00. The van der Waals surface area contributed by atoms with Crippen LogP contribution in [0.4, 0.5) is 0 Å². The third-order valence-corrected chi connectivity index (χ3v) is 8.77. The summed E-state index contributed by atoms with van der Waals surface area (Å²) in [4.78, 5) is 26.4. The maximum absolute atomic E-state index is 13.2. The molecule has 0 atom stereocenters. The molecule has 0 bridgehead atoms. The Morgan fingerprint density at radius 3 is 2.46 bits per heavy atom. The van der Waals surface area contributed by atoms with Crippen LogP contribution in [-0.4, -0.2) is 73.2 Å². The van der Waals surface area contributed by atoms with Crippen LogP contribution in [0.25, 0.3) is 23.2 Å². The first-order chi connectivity index (χ1) is 20.2. The van der Waals surface area contributed by atoms with Crippen LogP contribution in [0, 0.1) is 0 Å². The minimum atomic E-state index is 0.00305. The number of para-hydroxylation sites is 1. The van der Waals surface area contributed by atoms with E-state index in [1.54, 1.807) is 24.2 Å². The number of hydrogen-bond acceptors (Lipinski definition) is 8. The molecule has 3 aromatic heterocycles. The Bertz CT molecular complexity index is 1600. The normalized spacial score (nSPS) is 14.1. The predicted octanol–water partition coefficient (Wildman–Crippen LogP) is 5.55. The molecule has 1 amide bonds. The summed E-state index contributed by atoms with van der Waals surface area (Å²) in [5.41, 5.74) is 3.59. The Labute approximate surface area is 247 Å². The minimum absolute atomic E-state index is 0.00305. The molecule has 6 rings (SSSR count). The molecule has 5 aromatic rings. The molecule has 0 unspecified atom stereocenters. The largest absolute Gasteiger partial charge is 0.335 e. The number of rotatable bonds is 9. The third-order valence-electron chi connectivity index (χ3n) is 6.80. The summed E-state index contributed by atoms with van der Waals surface area (Å²) >= 11 is 3.07. The third kappa shape index (κ3) is 6.62. The van der Waals surface area contributed by atoms with Gasteiger partial charge in [0, 0.05) is 61.7 Å². The first-order valence-electron chi connectivity index (χ1n) is 13.5. The van der Waals surface area contributed by atoms with Gasteiger partial charge in [-0.3, -0.25) is 19.2 Å². The van der Waals surface area contributed by atoms with Crippen LogP contribution in [0.1, 0.15) is 21.1 Å². The van der Waals surface area contributed by atoms with Crippen LogP contribution < -0.4 is 0 Å². The average molecular weight is 580 g/mol. The standard InChI is InChI=1S/C31H29N7OS2/c39-30(37-19-17-36(18-20-37)16-8-11-24-9-3-1-4-10-24)27-22-40-28(33-27)23-41-31-35-34-29(25-12-7-15-32-21-25)38(31)26-13-5-2-6-14-26/h1-15,21-22H,16-20,23H2. The number of nitrogens with zero attached hydrogens (tertiary/aromatic N) is 7. The van der Waals surface area contributed by atoms with Crippen molar-refractivity contribution in [3.63, 3.8) is 0 Å². The SMILES string of the molecule is O=C(c1csc(CSc2nnc(-c3cccnc3)n2-c2ccccc2)n1)N1CCN(CC=Cc2ccccc2)CC1. The van der Waals surface area contributed by atoms with Gasteiger partial charge < -0.3 is 4.90 Å². The number of amides is 1. The number of thioether (sulfide) groups is 1. The average Bonchev–Trinajstić information content (AvgIpc) is 3.69. The van der Waals surface area contributed by atoms with Crippen molar-refractivity contribution in [1.82, 2.24) is 34.5 Å². The molecular weight excluding hydrogens is 551 g/mol. The molecule has 1 aliphatic rings. The van der Waals surface area contributed by atoms with Crippen molar-refractivity contribution in [3.8, 4) is 17.1 Å². The van der Waals surface area contributed by atoms with E-state index in [0.717, 1.165) is 46.9 Å². The van der Waals surface area contributed by atoms with E-state index in [2.05, 4.69) is 49.4 Å². The van der Waals surface area contributed by atoms with E-state index in [1.807, 2.05) is 75.5 Å². The van der Waals surface area contributed by atoms with E-state index in [0.29, 0.717) is 24.5 Å². The van der Waals surface area contributed by atoms with Crippen molar-refractivity contribution in [1.29, 1.82) is 0 Å². The fraction of sp³-hybridized carbons (Fsp3) is 0.194. The molecule has 1 fully saturated rings. The Hall–Kier alpha value is -4.12. The second-order valence-electron chi connectivity index (χ2n) is 9.54. The number of aromatic nitrogens is 5. The van der Waals surface area contributed by atoms with Crippen molar-refractivity contribution < 1.29 is 4.79 Å². The second-order valence-corrected chi connectivity index (χ2v) is 11.4. The Morgan fingerprint density at radius 1 is 0.927 bits per heavy atom. The molecule has 0 N–H and O–H groups in total. The van der Waals surface area contributed by atoms with Crippen molar-refractivity contribution in [2.24, 2.45) is 0 Å². The van der Waals surface area contributed by atoms with Crippen LogP contribution in [-0.2, 0) is 5.75 Å². The van der Waals surface area contributed by atoms with Crippen LogP contribution in [0.2, 0.25) is 0 Å². The molecule has 2 aromatic carbocycles. The van der Waals surface area contributed by atoms with Gasteiger partial charge in [-0.05, 0) is 29.8 Å². The molecular formula is C31H29N7OS2. The van der Waals surface area contributed by atoms with Gasteiger partial charge in [0.15, 0.2) is 11.0 Å². The summed E-state index contributed by atoms with van der Waals surface area (Å²) < 4.78 is 2.04. The second kappa shape index (κ2) is 13.0. The predicted molar refractivity (Wildman–Crippen MR) is 164 cm³/mol. The van der Waals surface area contributed by atoms with Gasteiger partial charge in [0.05, 0.1) is 5.75 Å². The highest BCUT2D eigenvalue weighted by Crippen LogP contribution is 2.30.